The fourth-order valence-corrected chi connectivity index (χ4v) is 2.96. The Labute approximate surface area is 123 Å². The summed E-state index contributed by atoms with van der Waals surface area (Å²) in [5, 5.41) is 4.43. The van der Waals surface area contributed by atoms with Crippen LogP contribution < -0.4 is 10.2 Å². The lowest BCUT2D eigenvalue weighted by Crippen LogP contribution is -2.21. The third-order valence-electron chi connectivity index (χ3n) is 3.12. The number of hydrogen-bond donors (Lipinski definition) is 1. The number of halogens is 1. The normalized spacial score (nSPS) is 10.8. The molecule has 0 bridgehead atoms. The van der Waals surface area contributed by atoms with Crippen LogP contribution in [0.5, 0.6) is 0 Å². The van der Waals surface area contributed by atoms with E-state index in [0.717, 1.165) is 36.9 Å². The van der Waals surface area contributed by atoms with E-state index in [2.05, 4.69) is 29.0 Å². The molecule has 5 heteroatoms. The van der Waals surface area contributed by atoms with Crippen LogP contribution in [0.3, 0.4) is 0 Å². The van der Waals surface area contributed by atoms with Crippen molar-refractivity contribution in [1.82, 2.24) is 10.3 Å². The maximum Gasteiger partial charge on any atom is 0.185 e. The van der Waals surface area contributed by atoms with Crippen molar-refractivity contribution in [3.05, 3.63) is 46.7 Å². The Morgan fingerprint density at radius 3 is 2.50 bits per heavy atom. The van der Waals surface area contributed by atoms with Crippen molar-refractivity contribution in [3.8, 4) is 0 Å². The van der Waals surface area contributed by atoms with Crippen LogP contribution in [-0.4, -0.2) is 18.1 Å². The molecule has 0 saturated heterocycles. The van der Waals surface area contributed by atoms with Gasteiger partial charge < -0.3 is 10.2 Å². The highest BCUT2D eigenvalue weighted by Gasteiger charge is 2.07. The second kappa shape index (κ2) is 7.36. The minimum Gasteiger partial charge on any atom is -0.349 e. The lowest BCUT2D eigenvalue weighted by molar-refractivity contribution is 0.625. The summed E-state index contributed by atoms with van der Waals surface area (Å²) in [7, 11) is 0. The quantitative estimate of drug-likeness (QED) is 0.848. The molecular formula is C15H20FN3S. The van der Waals surface area contributed by atoms with Gasteiger partial charge in [0.2, 0.25) is 0 Å². The number of nitrogens with zero attached hydrogens (tertiary/aromatic N) is 2. The highest BCUT2D eigenvalue weighted by atomic mass is 32.1. The van der Waals surface area contributed by atoms with Gasteiger partial charge in [0.25, 0.3) is 0 Å². The van der Waals surface area contributed by atoms with E-state index in [4.69, 9.17) is 0 Å². The number of thiazole rings is 1. The first-order valence-electron chi connectivity index (χ1n) is 6.87. The van der Waals surface area contributed by atoms with Gasteiger partial charge >= 0.3 is 0 Å². The zero-order valence-electron chi connectivity index (χ0n) is 11.9. The molecule has 20 heavy (non-hydrogen) atoms. The smallest absolute Gasteiger partial charge is 0.185 e. The summed E-state index contributed by atoms with van der Waals surface area (Å²) in [5.41, 5.74) is 1.08. The Hall–Kier alpha value is -1.46. The van der Waals surface area contributed by atoms with Gasteiger partial charge in [-0.1, -0.05) is 12.1 Å². The van der Waals surface area contributed by atoms with Gasteiger partial charge in [0.1, 0.15) is 5.82 Å². The molecule has 0 fully saturated rings. The number of hydrogen-bond acceptors (Lipinski definition) is 4. The van der Waals surface area contributed by atoms with Crippen LogP contribution in [-0.2, 0) is 13.1 Å². The molecular weight excluding hydrogens is 273 g/mol. The average molecular weight is 293 g/mol. The van der Waals surface area contributed by atoms with Crippen molar-refractivity contribution in [3.63, 3.8) is 0 Å². The van der Waals surface area contributed by atoms with Gasteiger partial charge in [-0.15, -0.1) is 11.3 Å². The lowest BCUT2D eigenvalue weighted by atomic mass is 10.2. The van der Waals surface area contributed by atoms with Gasteiger partial charge in [-0.05, 0) is 31.5 Å². The maximum absolute atomic E-state index is 12.8. The molecule has 0 amide bonds. The summed E-state index contributed by atoms with van der Waals surface area (Å²) in [4.78, 5) is 7.91. The Kier molecular flexibility index (Phi) is 5.49. The summed E-state index contributed by atoms with van der Waals surface area (Å²) in [6, 6.07) is 6.58. The second-order valence-corrected chi connectivity index (χ2v) is 5.61. The SMILES string of the molecule is CCN(CC)c1ncc(CNCc2ccc(F)cc2)s1. The molecule has 3 nitrogen and oxygen atoms in total. The minimum absolute atomic E-state index is 0.194. The van der Waals surface area contributed by atoms with Crippen molar-refractivity contribution in [1.29, 1.82) is 0 Å². The van der Waals surface area contributed by atoms with E-state index in [1.54, 1.807) is 23.5 Å². The first kappa shape index (κ1) is 14.9. The molecule has 1 N–H and O–H groups in total. The van der Waals surface area contributed by atoms with Crippen LogP contribution in [0.4, 0.5) is 9.52 Å². The summed E-state index contributed by atoms with van der Waals surface area (Å²) in [5.74, 6) is -0.194. The van der Waals surface area contributed by atoms with Crippen LogP contribution in [0.15, 0.2) is 30.5 Å². The summed E-state index contributed by atoms with van der Waals surface area (Å²) in [6.07, 6.45) is 1.93. The molecule has 1 heterocycles. The molecule has 1 aromatic carbocycles. The van der Waals surface area contributed by atoms with Gasteiger partial charge in [-0.25, -0.2) is 9.37 Å². The molecule has 0 aliphatic rings. The summed E-state index contributed by atoms with van der Waals surface area (Å²) < 4.78 is 12.8. The van der Waals surface area contributed by atoms with E-state index in [9.17, 15) is 4.39 Å². The molecule has 108 valence electrons. The first-order valence-corrected chi connectivity index (χ1v) is 7.69. The van der Waals surface area contributed by atoms with E-state index in [0.29, 0.717) is 0 Å². The van der Waals surface area contributed by atoms with Crippen molar-refractivity contribution in [2.24, 2.45) is 0 Å². The van der Waals surface area contributed by atoms with Gasteiger partial charge in [0.15, 0.2) is 5.13 Å². The zero-order chi connectivity index (χ0) is 14.4. The Balaban J connectivity index is 1.84. The third-order valence-corrected chi connectivity index (χ3v) is 4.18. The molecule has 0 unspecified atom stereocenters. The summed E-state index contributed by atoms with van der Waals surface area (Å²) >= 11 is 1.72. The van der Waals surface area contributed by atoms with Crippen molar-refractivity contribution in [2.75, 3.05) is 18.0 Å². The Morgan fingerprint density at radius 1 is 1.15 bits per heavy atom. The number of benzene rings is 1. The van der Waals surface area contributed by atoms with Crippen LogP contribution in [0, 0.1) is 5.82 Å². The Morgan fingerprint density at radius 2 is 1.85 bits per heavy atom. The molecule has 0 spiro atoms. The Bertz CT molecular complexity index is 520. The van der Waals surface area contributed by atoms with Gasteiger partial charge in [-0.3, -0.25) is 0 Å². The first-order chi connectivity index (χ1) is 9.72. The van der Waals surface area contributed by atoms with Crippen LogP contribution in [0.1, 0.15) is 24.3 Å². The molecule has 0 atom stereocenters. The second-order valence-electron chi connectivity index (χ2n) is 4.51. The standard InChI is InChI=1S/C15H20FN3S/c1-3-19(4-2)15-18-11-14(20-15)10-17-9-12-5-7-13(16)8-6-12/h5-8,11,17H,3-4,9-10H2,1-2H3. The van der Waals surface area contributed by atoms with Gasteiger partial charge in [-0.2, -0.15) is 0 Å². The molecule has 0 aliphatic heterocycles. The molecule has 2 aromatic rings. The van der Waals surface area contributed by atoms with Crippen LogP contribution in [0.2, 0.25) is 0 Å². The minimum atomic E-state index is -0.194. The van der Waals surface area contributed by atoms with Gasteiger partial charge in [0, 0.05) is 37.3 Å². The van der Waals surface area contributed by atoms with E-state index in [1.165, 1.54) is 17.0 Å². The molecule has 2 rings (SSSR count). The van der Waals surface area contributed by atoms with Gasteiger partial charge in [0.05, 0.1) is 0 Å². The average Bonchev–Trinajstić information content (AvgIpc) is 2.91. The zero-order valence-corrected chi connectivity index (χ0v) is 12.7. The number of nitrogens with one attached hydrogen (secondary N) is 1. The predicted molar refractivity (Wildman–Crippen MR) is 82.6 cm³/mol. The highest BCUT2D eigenvalue weighted by Crippen LogP contribution is 2.22. The molecule has 0 aliphatic carbocycles. The summed E-state index contributed by atoms with van der Waals surface area (Å²) in [6.45, 7) is 7.75. The van der Waals surface area contributed by atoms with E-state index < -0.39 is 0 Å². The number of rotatable bonds is 7. The number of anilines is 1. The fraction of sp³-hybridized carbons (Fsp3) is 0.400. The topological polar surface area (TPSA) is 28.2 Å². The highest BCUT2D eigenvalue weighted by molar-refractivity contribution is 7.15. The predicted octanol–water partition coefficient (Wildman–Crippen LogP) is 3.42. The maximum atomic E-state index is 12.8. The van der Waals surface area contributed by atoms with Crippen LogP contribution >= 0.6 is 11.3 Å². The van der Waals surface area contributed by atoms with E-state index >= 15 is 0 Å². The molecule has 0 radical (unpaired) electrons. The van der Waals surface area contributed by atoms with E-state index in [1.807, 2.05) is 6.20 Å². The third kappa shape index (κ3) is 4.02. The largest absolute Gasteiger partial charge is 0.349 e. The van der Waals surface area contributed by atoms with Crippen molar-refractivity contribution >= 4 is 16.5 Å². The fourth-order valence-electron chi connectivity index (χ4n) is 1.95. The number of aromatic nitrogens is 1. The van der Waals surface area contributed by atoms with Crippen molar-refractivity contribution in [2.45, 2.75) is 26.9 Å². The lowest BCUT2D eigenvalue weighted by Gasteiger charge is -2.16. The van der Waals surface area contributed by atoms with Crippen LogP contribution in [0.25, 0.3) is 0 Å². The van der Waals surface area contributed by atoms with Crippen molar-refractivity contribution < 1.29 is 4.39 Å². The molecule has 0 saturated carbocycles. The van der Waals surface area contributed by atoms with E-state index in [-0.39, 0.29) is 5.82 Å². The molecule has 1 aromatic heterocycles. The monoisotopic (exact) mass is 293 g/mol.